The molecule has 3 rings (SSSR count). The van der Waals surface area contributed by atoms with Crippen LogP contribution in [0.2, 0.25) is 0 Å². The molecule has 1 atom stereocenters. The Kier molecular flexibility index (Phi) is 5.40. The van der Waals surface area contributed by atoms with Crippen LogP contribution in [0.25, 0.3) is 0 Å². The van der Waals surface area contributed by atoms with Gasteiger partial charge in [0.2, 0.25) is 5.75 Å². The minimum Gasteiger partial charge on any atom is -0.493 e. The second kappa shape index (κ2) is 7.62. The first-order chi connectivity index (χ1) is 13.3. The number of rotatable bonds is 5. The Morgan fingerprint density at radius 3 is 2.25 bits per heavy atom. The zero-order valence-corrected chi connectivity index (χ0v) is 17.2. The van der Waals surface area contributed by atoms with Gasteiger partial charge in [0.15, 0.2) is 11.5 Å². The second-order valence-electron chi connectivity index (χ2n) is 7.67. The number of nitrogens with one attached hydrogen (secondary N) is 1. The third-order valence-electron chi connectivity index (χ3n) is 4.95. The molecule has 6 nitrogen and oxygen atoms in total. The van der Waals surface area contributed by atoms with E-state index in [9.17, 15) is 4.79 Å². The van der Waals surface area contributed by atoms with E-state index in [1.165, 1.54) is 21.3 Å². The largest absolute Gasteiger partial charge is 0.493 e. The number of esters is 1. The van der Waals surface area contributed by atoms with Gasteiger partial charge in [-0.15, -0.1) is 0 Å². The van der Waals surface area contributed by atoms with Crippen molar-refractivity contribution in [3.05, 3.63) is 41.5 Å². The minimum atomic E-state index is -0.490. The molecule has 6 heteroatoms. The predicted molar refractivity (Wildman–Crippen MR) is 108 cm³/mol. The molecule has 0 aromatic heterocycles. The first kappa shape index (κ1) is 19.9. The van der Waals surface area contributed by atoms with Crippen LogP contribution < -0.4 is 24.3 Å². The van der Waals surface area contributed by atoms with E-state index in [4.69, 9.17) is 18.9 Å². The zero-order valence-electron chi connectivity index (χ0n) is 17.2. The van der Waals surface area contributed by atoms with Gasteiger partial charge in [0.1, 0.15) is 5.75 Å². The summed E-state index contributed by atoms with van der Waals surface area (Å²) in [7, 11) is 4.53. The van der Waals surface area contributed by atoms with Crippen LogP contribution in [-0.4, -0.2) is 32.8 Å². The normalized spacial score (nSPS) is 17.1. The quantitative estimate of drug-likeness (QED) is 0.598. The maximum absolute atomic E-state index is 12.7. The number of benzene rings is 2. The number of methoxy groups -OCH3 is 3. The highest BCUT2D eigenvalue weighted by atomic mass is 16.5. The third-order valence-corrected chi connectivity index (χ3v) is 4.95. The fraction of sp³-hybridized carbons (Fsp3) is 0.409. The van der Waals surface area contributed by atoms with Crippen molar-refractivity contribution in [2.24, 2.45) is 0 Å². The molecule has 1 aliphatic rings. The van der Waals surface area contributed by atoms with Crippen LogP contribution in [0.5, 0.6) is 23.0 Å². The van der Waals surface area contributed by atoms with Gasteiger partial charge >= 0.3 is 5.97 Å². The van der Waals surface area contributed by atoms with Crippen LogP contribution in [0.4, 0.5) is 5.69 Å². The first-order valence-corrected chi connectivity index (χ1v) is 9.22. The summed E-state index contributed by atoms with van der Waals surface area (Å²) in [5.41, 5.74) is 2.59. The van der Waals surface area contributed by atoms with Crippen LogP contribution in [0, 0.1) is 0 Å². The molecule has 1 aliphatic heterocycles. The number of hydrogen-bond donors (Lipinski definition) is 1. The van der Waals surface area contributed by atoms with Crippen LogP contribution >= 0.6 is 0 Å². The lowest BCUT2D eigenvalue weighted by Gasteiger charge is -2.37. The predicted octanol–water partition coefficient (Wildman–Crippen LogP) is 4.63. The van der Waals surface area contributed by atoms with E-state index in [2.05, 4.69) is 26.1 Å². The van der Waals surface area contributed by atoms with Gasteiger partial charge in [0.05, 0.1) is 26.9 Å². The van der Waals surface area contributed by atoms with Crippen LogP contribution in [0.3, 0.4) is 0 Å². The first-order valence-electron chi connectivity index (χ1n) is 9.22. The maximum Gasteiger partial charge on any atom is 0.343 e. The standard InChI is InChI=1S/C22H27NO5/c1-13-12-22(2,3)23-17-8-7-15(11-16(13)17)28-21(24)14-9-18(25-4)20(27-6)19(10-14)26-5/h7-11,13,23H,12H2,1-6H3/t13-/m0/s1. The summed E-state index contributed by atoms with van der Waals surface area (Å²) in [6.07, 6.45) is 1.00. The molecule has 0 fully saturated rings. The molecule has 0 aliphatic carbocycles. The van der Waals surface area contributed by atoms with Gasteiger partial charge in [-0.2, -0.15) is 0 Å². The molecule has 0 saturated heterocycles. The molecule has 2 aromatic rings. The zero-order chi connectivity index (χ0) is 20.5. The Morgan fingerprint density at radius 2 is 1.68 bits per heavy atom. The van der Waals surface area contributed by atoms with Crippen molar-refractivity contribution < 1.29 is 23.7 Å². The molecule has 0 unspecified atom stereocenters. The molecule has 150 valence electrons. The van der Waals surface area contributed by atoms with Crippen LogP contribution in [-0.2, 0) is 0 Å². The molecule has 1 heterocycles. The highest BCUT2D eigenvalue weighted by Gasteiger charge is 2.29. The molecule has 1 N–H and O–H groups in total. The Labute approximate surface area is 165 Å². The summed E-state index contributed by atoms with van der Waals surface area (Å²) in [6, 6.07) is 8.85. The van der Waals surface area contributed by atoms with E-state index in [1.54, 1.807) is 18.2 Å². The summed E-state index contributed by atoms with van der Waals surface area (Å²) in [5.74, 6) is 1.62. The topological polar surface area (TPSA) is 66.0 Å². The van der Waals surface area contributed by atoms with Gasteiger partial charge in [0, 0.05) is 11.2 Å². The number of anilines is 1. The Bertz CT molecular complexity index is 865. The number of carbonyl (C=O) groups is 1. The van der Waals surface area contributed by atoms with E-state index in [0.717, 1.165) is 17.7 Å². The molecule has 0 bridgehead atoms. The Morgan fingerprint density at radius 1 is 1.04 bits per heavy atom. The molecule has 0 radical (unpaired) electrons. The fourth-order valence-electron chi connectivity index (χ4n) is 3.78. The van der Waals surface area contributed by atoms with E-state index in [0.29, 0.717) is 34.5 Å². The van der Waals surface area contributed by atoms with Crippen molar-refractivity contribution >= 4 is 11.7 Å². The van der Waals surface area contributed by atoms with Gasteiger partial charge in [-0.3, -0.25) is 0 Å². The monoisotopic (exact) mass is 385 g/mol. The van der Waals surface area contributed by atoms with Gasteiger partial charge in [0.25, 0.3) is 0 Å². The molecular weight excluding hydrogens is 358 g/mol. The van der Waals surface area contributed by atoms with Crippen molar-refractivity contribution in [3.63, 3.8) is 0 Å². The highest BCUT2D eigenvalue weighted by molar-refractivity contribution is 5.92. The molecule has 0 spiro atoms. The van der Waals surface area contributed by atoms with E-state index in [-0.39, 0.29) is 5.54 Å². The summed E-state index contributed by atoms with van der Waals surface area (Å²) in [4.78, 5) is 12.7. The lowest BCUT2D eigenvalue weighted by Crippen LogP contribution is -2.36. The summed E-state index contributed by atoms with van der Waals surface area (Å²) in [5, 5.41) is 3.53. The average molecular weight is 385 g/mol. The van der Waals surface area contributed by atoms with Gasteiger partial charge in [-0.25, -0.2) is 4.79 Å². The smallest absolute Gasteiger partial charge is 0.343 e. The number of ether oxygens (including phenoxy) is 4. The van der Waals surface area contributed by atoms with Crippen molar-refractivity contribution in [1.82, 2.24) is 0 Å². The van der Waals surface area contributed by atoms with Crippen molar-refractivity contribution in [2.45, 2.75) is 38.6 Å². The van der Waals surface area contributed by atoms with Gasteiger partial charge < -0.3 is 24.3 Å². The lowest BCUT2D eigenvalue weighted by molar-refractivity contribution is 0.0733. The number of fused-ring (bicyclic) bond motifs is 1. The molecule has 0 saturated carbocycles. The number of carbonyl (C=O) groups excluding carboxylic acids is 1. The fourth-order valence-corrected chi connectivity index (χ4v) is 3.78. The van der Waals surface area contributed by atoms with Crippen LogP contribution in [0.1, 0.15) is 49.0 Å². The van der Waals surface area contributed by atoms with Crippen LogP contribution in [0.15, 0.2) is 30.3 Å². The Hall–Kier alpha value is -2.89. The molecule has 2 aromatic carbocycles. The summed E-state index contributed by atoms with van der Waals surface area (Å²) < 4.78 is 21.5. The van der Waals surface area contributed by atoms with Crippen molar-refractivity contribution in [3.8, 4) is 23.0 Å². The molecule has 0 amide bonds. The van der Waals surface area contributed by atoms with E-state index in [1.807, 2.05) is 12.1 Å². The molecular formula is C22H27NO5. The van der Waals surface area contributed by atoms with E-state index >= 15 is 0 Å². The summed E-state index contributed by atoms with van der Waals surface area (Å²) in [6.45, 7) is 6.56. The SMILES string of the molecule is COc1cc(C(=O)Oc2ccc3c(c2)[C@@H](C)CC(C)(C)N3)cc(OC)c1OC. The van der Waals surface area contributed by atoms with Gasteiger partial charge in [-0.05, 0) is 62.1 Å². The number of hydrogen-bond acceptors (Lipinski definition) is 6. The second-order valence-corrected chi connectivity index (χ2v) is 7.67. The molecule has 28 heavy (non-hydrogen) atoms. The summed E-state index contributed by atoms with van der Waals surface area (Å²) >= 11 is 0. The average Bonchev–Trinajstić information content (AvgIpc) is 2.66. The van der Waals surface area contributed by atoms with Crippen molar-refractivity contribution in [2.75, 3.05) is 26.6 Å². The maximum atomic E-state index is 12.7. The Balaban J connectivity index is 1.87. The minimum absolute atomic E-state index is 0.0425. The van der Waals surface area contributed by atoms with Crippen molar-refractivity contribution in [1.29, 1.82) is 0 Å². The highest BCUT2D eigenvalue weighted by Crippen LogP contribution is 2.41. The van der Waals surface area contributed by atoms with E-state index < -0.39 is 5.97 Å². The third kappa shape index (κ3) is 3.86. The lowest BCUT2D eigenvalue weighted by atomic mass is 9.82. The van der Waals surface area contributed by atoms with Gasteiger partial charge in [-0.1, -0.05) is 6.92 Å².